The molecule has 0 bridgehead atoms. The van der Waals surface area contributed by atoms with Crippen LogP contribution in [0.1, 0.15) is 39.7 Å². The van der Waals surface area contributed by atoms with E-state index in [9.17, 15) is 9.59 Å². The Morgan fingerprint density at radius 2 is 1.82 bits per heavy atom. The summed E-state index contributed by atoms with van der Waals surface area (Å²) in [4.78, 5) is 29.9. The van der Waals surface area contributed by atoms with Crippen molar-refractivity contribution in [3.05, 3.63) is 52.6 Å². The Morgan fingerprint density at radius 3 is 2.33 bits per heavy atom. The molecule has 2 heterocycles. The first-order valence-corrected chi connectivity index (χ1v) is 11.7. The highest BCUT2D eigenvalue weighted by molar-refractivity contribution is 5.65. The van der Waals surface area contributed by atoms with Crippen molar-refractivity contribution in [1.29, 1.82) is 0 Å². The van der Waals surface area contributed by atoms with Crippen LogP contribution < -0.4 is 17.2 Å². The number of carbonyl (C=O) groups excluding carboxylic acids is 1. The monoisotopic (exact) mass is 453 g/mol. The SMILES string of the molecule is CCC(Cc1ccc(-n2ccc(N)nc2=O)cc1)N1CC2C(C1)C2C(OC(N)=O)C(C)(C)C. The van der Waals surface area contributed by atoms with Crippen molar-refractivity contribution < 1.29 is 9.53 Å². The number of carbonyl (C=O) groups is 1. The van der Waals surface area contributed by atoms with Crippen LogP contribution in [0.3, 0.4) is 0 Å². The Kier molecular flexibility index (Phi) is 6.22. The third kappa shape index (κ3) is 4.90. The van der Waals surface area contributed by atoms with Crippen molar-refractivity contribution in [3.63, 3.8) is 0 Å². The largest absolute Gasteiger partial charge is 0.446 e. The lowest BCUT2D eigenvalue weighted by Gasteiger charge is -2.34. The first-order chi connectivity index (χ1) is 15.6. The smallest absolute Gasteiger partial charge is 0.404 e. The lowest BCUT2D eigenvalue weighted by Crippen LogP contribution is -2.41. The summed E-state index contributed by atoms with van der Waals surface area (Å²) >= 11 is 0. The molecular weight excluding hydrogens is 418 g/mol. The molecule has 1 saturated heterocycles. The summed E-state index contributed by atoms with van der Waals surface area (Å²) < 4.78 is 7.03. The summed E-state index contributed by atoms with van der Waals surface area (Å²) in [6.07, 6.45) is 2.85. The quantitative estimate of drug-likeness (QED) is 0.666. The fraction of sp³-hybridized carbons (Fsp3) is 0.560. The van der Waals surface area contributed by atoms with Gasteiger partial charge in [0.05, 0.1) is 5.69 Å². The van der Waals surface area contributed by atoms with Gasteiger partial charge >= 0.3 is 11.8 Å². The normalized spacial score (nSPS) is 24.2. The number of rotatable bonds is 7. The van der Waals surface area contributed by atoms with E-state index in [0.717, 1.165) is 31.6 Å². The third-order valence-electron chi connectivity index (χ3n) is 7.23. The molecule has 2 aromatic rings. The van der Waals surface area contributed by atoms with Crippen molar-refractivity contribution in [1.82, 2.24) is 14.5 Å². The summed E-state index contributed by atoms with van der Waals surface area (Å²) in [6, 6.07) is 10.1. The molecule has 1 aromatic carbocycles. The van der Waals surface area contributed by atoms with Gasteiger partial charge in [0.15, 0.2) is 0 Å². The Hall–Kier alpha value is -2.87. The van der Waals surface area contributed by atoms with Crippen LogP contribution >= 0.6 is 0 Å². The Labute approximate surface area is 194 Å². The number of anilines is 1. The van der Waals surface area contributed by atoms with Crippen LogP contribution in [0.4, 0.5) is 10.6 Å². The van der Waals surface area contributed by atoms with E-state index in [2.05, 4.69) is 49.7 Å². The van der Waals surface area contributed by atoms with Crippen molar-refractivity contribution in [2.24, 2.45) is 28.9 Å². The maximum Gasteiger partial charge on any atom is 0.404 e. The van der Waals surface area contributed by atoms with E-state index in [0.29, 0.717) is 23.8 Å². The molecule has 0 spiro atoms. The van der Waals surface area contributed by atoms with Gasteiger partial charge in [0, 0.05) is 31.2 Å². The van der Waals surface area contributed by atoms with Gasteiger partial charge in [-0.05, 0) is 53.9 Å². The van der Waals surface area contributed by atoms with Crippen LogP contribution in [0.25, 0.3) is 5.69 Å². The standard InChI is InChI=1S/C25H35N5O3/c1-5-16(12-15-6-8-17(9-7-15)30-11-10-20(26)28-24(30)32)29-13-18-19(14-29)21(18)22(25(2,3)4)33-23(27)31/h6-11,16,18-19,21-22H,5,12-14H2,1-4H3,(H2,27,31)(H2,26,28,32). The highest BCUT2D eigenvalue weighted by Crippen LogP contribution is 2.57. The number of primary amides is 1. The number of hydrogen-bond acceptors (Lipinski definition) is 6. The summed E-state index contributed by atoms with van der Waals surface area (Å²) in [5.41, 5.74) is 12.4. The molecule has 1 aliphatic heterocycles. The average molecular weight is 454 g/mol. The average Bonchev–Trinajstić information content (AvgIpc) is 3.20. The number of ether oxygens (including phenoxy) is 1. The Morgan fingerprint density at radius 1 is 1.18 bits per heavy atom. The number of nitrogens with zero attached hydrogens (tertiary/aromatic N) is 3. The van der Waals surface area contributed by atoms with Crippen LogP contribution in [0.5, 0.6) is 0 Å². The summed E-state index contributed by atoms with van der Waals surface area (Å²) in [5.74, 6) is 1.75. The van der Waals surface area contributed by atoms with Gasteiger partial charge in [-0.15, -0.1) is 0 Å². The molecular formula is C25H35N5O3. The van der Waals surface area contributed by atoms with Crippen molar-refractivity contribution >= 4 is 11.9 Å². The van der Waals surface area contributed by atoms with Crippen LogP contribution in [0, 0.1) is 23.2 Å². The van der Waals surface area contributed by atoms with Crippen LogP contribution in [0.2, 0.25) is 0 Å². The van der Waals surface area contributed by atoms with E-state index in [1.165, 1.54) is 10.1 Å². The van der Waals surface area contributed by atoms with Gasteiger partial charge in [0.2, 0.25) is 0 Å². The van der Waals surface area contributed by atoms with Gasteiger partial charge in [0.25, 0.3) is 0 Å². The number of likely N-dealkylation sites (tertiary alicyclic amines) is 1. The molecule has 1 amide bonds. The summed E-state index contributed by atoms with van der Waals surface area (Å²) in [7, 11) is 0. The van der Waals surface area contributed by atoms with Gasteiger partial charge in [0.1, 0.15) is 11.9 Å². The third-order valence-corrected chi connectivity index (χ3v) is 7.23. The lowest BCUT2D eigenvalue weighted by molar-refractivity contribution is 0.00849. The first-order valence-electron chi connectivity index (χ1n) is 11.7. The minimum Gasteiger partial charge on any atom is -0.446 e. The van der Waals surface area contributed by atoms with E-state index < -0.39 is 6.09 Å². The van der Waals surface area contributed by atoms with Gasteiger partial charge in [-0.25, -0.2) is 9.59 Å². The lowest BCUT2D eigenvalue weighted by atomic mass is 9.84. The van der Waals surface area contributed by atoms with E-state index >= 15 is 0 Å². The van der Waals surface area contributed by atoms with E-state index in [-0.39, 0.29) is 23.0 Å². The molecule has 4 N–H and O–H groups in total. The van der Waals surface area contributed by atoms with Crippen LogP contribution in [-0.4, -0.2) is 45.8 Å². The minimum atomic E-state index is -0.677. The molecule has 1 aliphatic carbocycles. The van der Waals surface area contributed by atoms with Gasteiger partial charge < -0.3 is 16.2 Å². The molecule has 4 atom stereocenters. The predicted octanol–water partition coefficient (Wildman–Crippen LogP) is 2.82. The molecule has 2 fully saturated rings. The molecule has 1 aromatic heterocycles. The van der Waals surface area contributed by atoms with Crippen molar-refractivity contribution in [2.75, 3.05) is 18.8 Å². The summed E-state index contributed by atoms with van der Waals surface area (Å²) in [6.45, 7) is 10.6. The number of piperidine rings is 1. The van der Waals surface area contributed by atoms with Crippen molar-refractivity contribution in [2.45, 2.75) is 52.7 Å². The number of nitrogens with two attached hydrogens (primary N) is 2. The molecule has 4 unspecified atom stereocenters. The number of benzene rings is 1. The maximum absolute atomic E-state index is 12.1. The number of fused-ring (bicyclic) bond motifs is 1. The number of amides is 1. The maximum atomic E-state index is 12.1. The topological polar surface area (TPSA) is 116 Å². The molecule has 2 aliphatic rings. The predicted molar refractivity (Wildman–Crippen MR) is 128 cm³/mol. The zero-order valence-corrected chi connectivity index (χ0v) is 19.9. The highest BCUT2D eigenvalue weighted by Gasteiger charge is 2.62. The molecule has 8 heteroatoms. The molecule has 178 valence electrons. The zero-order chi connectivity index (χ0) is 23.9. The molecule has 8 nitrogen and oxygen atoms in total. The number of nitrogen functional groups attached to an aromatic ring is 1. The Bertz CT molecular complexity index is 1050. The van der Waals surface area contributed by atoms with Crippen molar-refractivity contribution in [3.8, 4) is 5.69 Å². The van der Waals surface area contributed by atoms with E-state index in [1.807, 2.05) is 12.1 Å². The second-order valence-corrected chi connectivity index (χ2v) is 10.5. The minimum absolute atomic E-state index is 0.122. The number of hydrogen-bond donors (Lipinski definition) is 2. The van der Waals surface area contributed by atoms with E-state index in [4.69, 9.17) is 16.2 Å². The number of aromatic nitrogens is 2. The fourth-order valence-corrected chi connectivity index (χ4v) is 5.52. The first kappa shape index (κ1) is 23.3. The second-order valence-electron chi connectivity index (χ2n) is 10.5. The molecule has 0 radical (unpaired) electrons. The van der Waals surface area contributed by atoms with Crippen LogP contribution in [-0.2, 0) is 11.2 Å². The zero-order valence-electron chi connectivity index (χ0n) is 19.9. The molecule has 33 heavy (non-hydrogen) atoms. The van der Waals surface area contributed by atoms with Gasteiger partial charge in [-0.1, -0.05) is 39.8 Å². The molecule has 1 saturated carbocycles. The summed E-state index contributed by atoms with van der Waals surface area (Å²) in [5, 5.41) is 0. The van der Waals surface area contributed by atoms with Gasteiger partial charge in [-0.3, -0.25) is 9.47 Å². The molecule has 4 rings (SSSR count). The fourth-order valence-electron chi connectivity index (χ4n) is 5.52. The second kappa shape index (κ2) is 8.82. The van der Waals surface area contributed by atoms with Gasteiger partial charge in [-0.2, -0.15) is 4.98 Å². The Balaban J connectivity index is 1.38. The van der Waals surface area contributed by atoms with E-state index in [1.54, 1.807) is 12.3 Å². The van der Waals surface area contributed by atoms with Crippen LogP contribution in [0.15, 0.2) is 41.3 Å². The highest BCUT2D eigenvalue weighted by atomic mass is 16.6.